The lowest BCUT2D eigenvalue weighted by molar-refractivity contribution is -0.138. The second-order valence-corrected chi connectivity index (χ2v) is 5.79. The summed E-state index contributed by atoms with van der Waals surface area (Å²) in [4.78, 5) is 23.3. The standard InChI is InChI=1S/C15H20N2O4/c1-15(2,3)21-14(19)17-11-6-4-10(5-7-11)12-13(18)16-8-9-20-12/h4-7,12H,8-9H2,1-3H3,(H,16,18)(H,17,19). The molecular formula is C15H20N2O4. The predicted molar refractivity (Wildman–Crippen MR) is 78.0 cm³/mol. The SMILES string of the molecule is CC(C)(C)OC(=O)Nc1ccc(C2OCCNC2=O)cc1. The molecule has 1 aliphatic heterocycles. The van der Waals surface area contributed by atoms with Crippen LogP contribution in [0.25, 0.3) is 0 Å². The van der Waals surface area contributed by atoms with Crippen molar-refractivity contribution in [1.82, 2.24) is 5.32 Å². The van der Waals surface area contributed by atoms with Crippen LogP contribution < -0.4 is 10.6 Å². The molecular weight excluding hydrogens is 272 g/mol. The van der Waals surface area contributed by atoms with Crippen molar-refractivity contribution in [3.05, 3.63) is 29.8 Å². The van der Waals surface area contributed by atoms with Gasteiger partial charge in [-0.15, -0.1) is 0 Å². The fourth-order valence-corrected chi connectivity index (χ4v) is 1.93. The third-order valence-electron chi connectivity index (χ3n) is 2.78. The number of hydrogen-bond acceptors (Lipinski definition) is 4. The van der Waals surface area contributed by atoms with Gasteiger partial charge in [-0.3, -0.25) is 10.1 Å². The van der Waals surface area contributed by atoms with E-state index in [1.165, 1.54) is 0 Å². The molecule has 1 fully saturated rings. The number of benzene rings is 1. The number of nitrogens with one attached hydrogen (secondary N) is 2. The van der Waals surface area contributed by atoms with Crippen molar-refractivity contribution >= 4 is 17.7 Å². The monoisotopic (exact) mass is 292 g/mol. The lowest BCUT2D eigenvalue weighted by Gasteiger charge is -2.23. The van der Waals surface area contributed by atoms with Crippen LogP contribution in [0.5, 0.6) is 0 Å². The Morgan fingerprint density at radius 2 is 2.00 bits per heavy atom. The molecule has 0 bridgehead atoms. The molecule has 1 heterocycles. The molecule has 0 radical (unpaired) electrons. The molecule has 1 unspecified atom stereocenters. The zero-order valence-corrected chi connectivity index (χ0v) is 12.4. The van der Waals surface area contributed by atoms with Crippen molar-refractivity contribution in [3.63, 3.8) is 0 Å². The topological polar surface area (TPSA) is 76.7 Å². The molecule has 21 heavy (non-hydrogen) atoms. The number of carbonyl (C=O) groups excluding carboxylic acids is 2. The van der Waals surface area contributed by atoms with E-state index >= 15 is 0 Å². The predicted octanol–water partition coefficient (Wildman–Crippen LogP) is 2.22. The molecule has 2 rings (SSSR count). The summed E-state index contributed by atoms with van der Waals surface area (Å²) in [6, 6.07) is 6.93. The molecule has 0 aromatic heterocycles. The van der Waals surface area contributed by atoms with Crippen LogP contribution in [0.2, 0.25) is 0 Å². The van der Waals surface area contributed by atoms with Gasteiger partial charge in [-0.05, 0) is 38.5 Å². The number of morpholine rings is 1. The third kappa shape index (κ3) is 4.46. The molecule has 2 N–H and O–H groups in total. The van der Waals surface area contributed by atoms with E-state index in [0.717, 1.165) is 5.56 Å². The van der Waals surface area contributed by atoms with E-state index in [9.17, 15) is 9.59 Å². The summed E-state index contributed by atoms with van der Waals surface area (Å²) >= 11 is 0. The minimum Gasteiger partial charge on any atom is -0.444 e. The van der Waals surface area contributed by atoms with Crippen molar-refractivity contribution in [2.75, 3.05) is 18.5 Å². The van der Waals surface area contributed by atoms with Gasteiger partial charge in [0.25, 0.3) is 5.91 Å². The zero-order valence-electron chi connectivity index (χ0n) is 12.4. The molecule has 1 aliphatic rings. The maximum Gasteiger partial charge on any atom is 0.412 e. The molecule has 0 aliphatic carbocycles. The van der Waals surface area contributed by atoms with Crippen LogP contribution >= 0.6 is 0 Å². The van der Waals surface area contributed by atoms with E-state index in [-0.39, 0.29) is 5.91 Å². The van der Waals surface area contributed by atoms with Gasteiger partial charge in [-0.1, -0.05) is 12.1 Å². The Morgan fingerprint density at radius 1 is 1.33 bits per heavy atom. The van der Waals surface area contributed by atoms with Crippen LogP contribution in [-0.2, 0) is 14.3 Å². The van der Waals surface area contributed by atoms with Crippen molar-refractivity contribution in [1.29, 1.82) is 0 Å². The van der Waals surface area contributed by atoms with Gasteiger partial charge < -0.3 is 14.8 Å². The first-order valence-electron chi connectivity index (χ1n) is 6.84. The summed E-state index contributed by atoms with van der Waals surface area (Å²) in [5.74, 6) is -0.144. The van der Waals surface area contributed by atoms with Crippen LogP contribution in [0.3, 0.4) is 0 Å². The number of carbonyl (C=O) groups is 2. The molecule has 1 aromatic carbocycles. The molecule has 6 nitrogen and oxygen atoms in total. The highest BCUT2D eigenvalue weighted by Gasteiger charge is 2.24. The number of rotatable bonds is 2. The highest BCUT2D eigenvalue weighted by molar-refractivity contribution is 5.85. The molecule has 0 saturated carbocycles. The Hall–Kier alpha value is -2.08. The van der Waals surface area contributed by atoms with E-state index in [0.29, 0.717) is 18.8 Å². The van der Waals surface area contributed by atoms with Crippen molar-refractivity contribution < 1.29 is 19.1 Å². The third-order valence-corrected chi connectivity index (χ3v) is 2.78. The first kappa shape index (κ1) is 15.3. The van der Waals surface area contributed by atoms with E-state index in [1.807, 2.05) is 0 Å². The van der Waals surface area contributed by atoms with Gasteiger partial charge in [0.2, 0.25) is 0 Å². The maximum absolute atomic E-state index is 11.7. The maximum atomic E-state index is 11.7. The average molecular weight is 292 g/mol. The highest BCUT2D eigenvalue weighted by Crippen LogP contribution is 2.22. The van der Waals surface area contributed by atoms with Gasteiger partial charge >= 0.3 is 6.09 Å². The van der Waals surface area contributed by atoms with Crippen LogP contribution in [-0.4, -0.2) is 30.8 Å². The summed E-state index contributed by atoms with van der Waals surface area (Å²) < 4.78 is 10.6. The molecule has 6 heteroatoms. The molecule has 1 saturated heterocycles. The lowest BCUT2D eigenvalue weighted by atomic mass is 10.1. The van der Waals surface area contributed by atoms with E-state index in [2.05, 4.69) is 10.6 Å². The summed E-state index contributed by atoms with van der Waals surface area (Å²) in [6.07, 6.45) is -1.10. The fraction of sp³-hybridized carbons (Fsp3) is 0.467. The fourth-order valence-electron chi connectivity index (χ4n) is 1.93. The Kier molecular flexibility index (Phi) is 4.47. The summed E-state index contributed by atoms with van der Waals surface area (Å²) in [7, 11) is 0. The quantitative estimate of drug-likeness (QED) is 0.876. The Labute approximate surface area is 123 Å². The number of hydrogen-bond donors (Lipinski definition) is 2. The van der Waals surface area contributed by atoms with Crippen molar-refractivity contribution in [2.45, 2.75) is 32.5 Å². The molecule has 1 atom stereocenters. The Bertz CT molecular complexity index is 519. The van der Waals surface area contributed by atoms with Crippen molar-refractivity contribution in [3.8, 4) is 0 Å². The van der Waals surface area contributed by atoms with E-state index in [1.54, 1.807) is 45.0 Å². The number of anilines is 1. The zero-order chi connectivity index (χ0) is 15.5. The van der Waals surface area contributed by atoms with Crippen LogP contribution in [0.1, 0.15) is 32.4 Å². The van der Waals surface area contributed by atoms with E-state index < -0.39 is 17.8 Å². The second-order valence-electron chi connectivity index (χ2n) is 5.79. The molecule has 2 amide bonds. The van der Waals surface area contributed by atoms with Gasteiger partial charge in [-0.2, -0.15) is 0 Å². The van der Waals surface area contributed by atoms with Crippen LogP contribution in [0, 0.1) is 0 Å². The summed E-state index contributed by atoms with van der Waals surface area (Å²) in [6.45, 7) is 6.43. The van der Waals surface area contributed by atoms with Crippen LogP contribution in [0.15, 0.2) is 24.3 Å². The van der Waals surface area contributed by atoms with Gasteiger partial charge in [0.05, 0.1) is 6.61 Å². The van der Waals surface area contributed by atoms with Gasteiger partial charge in [0.1, 0.15) is 5.60 Å². The van der Waals surface area contributed by atoms with Gasteiger partial charge in [0, 0.05) is 12.2 Å². The lowest BCUT2D eigenvalue weighted by Crippen LogP contribution is -2.39. The second kappa shape index (κ2) is 6.13. The first-order valence-corrected chi connectivity index (χ1v) is 6.84. The molecule has 114 valence electrons. The highest BCUT2D eigenvalue weighted by atomic mass is 16.6. The van der Waals surface area contributed by atoms with Gasteiger partial charge in [-0.25, -0.2) is 4.79 Å². The van der Waals surface area contributed by atoms with E-state index in [4.69, 9.17) is 9.47 Å². The Morgan fingerprint density at radius 3 is 2.57 bits per heavy atom. The molecule has 1 aromatic rings. The minimum atomic E-state index is -0.589. The van der Waals surface area contributed by atoms with Crippen molar-refractivity contribution in [2.24, 2.45) is 0 Å². The first-order chi connectivity index (χ1) is 9.85. The van der Waals surface area contributed by atoms with Gasteiger partial charge in [0.15, 0.2) is 6.10 Å². The Balaban J connectivity index is 1.99. The smallest absolute Gasteiger partial charge is 0.412 e. The number of amides is 2. The normalized spacial score (nSPS) is 18.8. The summed E-state index contributed by atoms with van der Waals surface area (Å²) in [5, 5.41) is 5.39. The average Bonchev–Trinajstić information content (AvgIpc) is 2.38. The van der Waals surface area contributed by atoms with Crippen LogP contribution in [0.4, 0.5) is 10.5 Å². The minimum absolute atomic E-state index is 0.144. The largest absolute Gasteiger partial charge is 0.444 e. The number of ether oxygens (including phenoxy) is 2. The molecule has 0 spiro atoms. The summed E-state index contributed by atoms with van der Waals surface area (Å²) in [5.41, 5.74) is 0.809.